The highest BCUT2D eigenvalue weighted by Gasteiger charge is 2.05. The molecule has 2 nitrogen and oxygen atoms in total. The minimum atomic E-state index is -0.0707. The number of halogens is 2. The Morgan fingerprint density at radius 3 is 2.42 bits per heavy atom. The van der Waals surface area contributed by atoms with Crippen molar-refractivity contribution in [3.63, 3.8) is 0 Å². The normalized spacial score (nSPS) is 10.4. The van der Waals surface area contributed by atoms with Crippen LogP contribution in [0.2, 0.25) is 10.0 Å². The van der Waals surface area contributed by atoms with Crippen LogP contribution < -0.4 is 0 Å². The van der Waals surface area contributed by atoms with Crippen molar-refractivity contribution in [2.24, 2.45) is 0 Å². The van der Waals surface area contributed by atoms with Crippen molar-refractivity contribution in [2.75, 3.05) is 6.61 Å². The lowest BCUT2D eigenvalue weighted by molar-refractivity contribution is 0.0726. The Labute approximate surface area is 121 Å². The first-order valence-electron chi connectivity index (χ1n) is 5.76. The lowest BCUT2D eigenvalue weighted by atomic mass is 10.1. The molecule has 0 atom stereocenters. The molecule has 0 unspecified atom stereocenters. The summed E-state index contributed by atoms with van der Waals surface area (Å²) in [5.41, 5.74) is 1.53. The van der Waals surface area contributed by atoms with Crippen LogP contribution in [0.15, 0.2) is 48.5 Å². The van der Waals surface area contributed by atoms with Crippen molar-refractivity contribution in [1.82, 2.24) is 0 Å². The van der Waals surface area contributed by atoms with Crippen molar-refractivity contribution >= 4 is 29.0 Å². The third-order valence-corrected chi connectivity index (χ3v) is 3.04. The minimum Gasteiger partial charge on any atom is -0.369 e. The lowest BCUT2D eigenvalue weighted by Gasteiger charge is -2.04. The fraction of sp³-hybridized carbons (Fsp3) is 0.133. The summed E-state index contributed by atoms with van der Waals surface area (Å²) >= 11 is 11.6. The molecule has 0 amide bonds. The van der Waals surface area contributed by atoms with E-state index in [4.69, 9.17) is 27.9 Å². The summed E-state index contributed by atoms with van der Waals surface area (Å²) in [5, 5.41) is 1.27. The average molecular weight is 295 g/mol. The van der Waals surface area contributed by atoms with E-state index in [0.717, 1.165) is 5.56 Å². The number of carbonyl (C=O) groups excluding carboxylic acids is 1. The van der Waals surface area contributed by atoms with Gasteiger partial charge in [0, 0.05) is 15.6 Å². The zero-order valence-corrected chi connectivity index (χ0v) is 11.6. The van der Waals surface area contributed by atoms with Gasteiger partial charge < -0.3 is 4.74 Å². The van der Waals surface area contributed by atoms with E-state index in [1.807, 2.05) is 18.2 Å². The van der Waals surface area contributed by atoms with E-state index in [9.17, 15) is 4.79 Å². The molecule has 0 radical (unpaired) electrons. The molecule has 0 heterocycles. The van der Waals surface area contributed by atoms with Gasteiger partial charge in [0.1, 0.15) is 6.61 Å². The second kappa shape index (κ2) is 6.71. The van der Waals surface area contributed by atoms with Gasteiger partial charge in [-0.25, -0.2) is 0 Å². The molecule has 2 aromatic rings. The molecule has 2 rings (SSSR count). The summed E-state index contributed by atoms with van der Waals surface area (Å²) in [5.74, 6) is -0.0707. The van der Waals surface area contributed by atoms with Crippen molar-refractivity contribution in [1.29, 1.82) is 0 Å². The van der Waals surface area contributed by atoms with E-state index in [1.165, 1.54) is 0 Å². The van der Waals surface area contributed by atoms with Gasteiger partial charge in [0.2, 0.25) is 0 Å². The van der Waals surface area contributed by atoms with Crippen LogP contribution >= 0.6 is 23.2 Å². The number of hydrogen-bond donors (Lipinski definition) is 0. The smallest absolute Gasteiger partial charge is 0.188 e. The van der Waals surface area contributed by atoms with E-state index in [0.29, 0.717) is 22.2 Å². The topological polar surface area (TPSA) is 26.3 Å². The van der Waals surface area contributed by atoms with Gasteiger partial charge in [0.05, 0.1) is 6.61 Å². The molecule has 0 bridgehead atoms. The summed E-state index contributed by atoms with van der Waals surface area (Å²) in [6.45, 7) is 0.397. The average Bonchev–Trinajstić information content (AvgIpc) is 2.39. The van der Waals surface area contributed by atoms with Gasteiger partial charge in [0.25, 0.3) is 0 Å². The second-order valence-corrected chi connectivity index (χ2v) is 4.93. The molecular formula is C15H12Cl2O2. The SMILES string of the molecule is O=C(COCc1cccc(Cl)c1)c1ccc(Cl)cc1. The Kier molecular flexibility index (Phi) is 4.97. The quantitative estimate of drug-likeness (QED) is 0.764. The molecule has 0 aromatic heterocycles. The number of hydrogen-bond acceptors (Lipinski definition) is 2. The first kappa shape index (κ1) is 14.1. The van der Waals surface area contributed by atoms with Gasteiger partial charge in [0.15, 0.2) is 5.78 Å². The van der Waals surface area contributed by atoms with Crippen LogP contribution in [-0.2, 0) is 11.3 Å². The molecule has 98 valence electrons. The standard InChI is InChI=1S/C15H12Cl2O2/c16-13-6-4-12(5-7-13)15(18)10-19-9-11-2-1-3-14(17)8-11/h1-8H,9-10H2. The number of rotatable bonds is 5. The van der Waals surface area contributed by atoms with Gasteiger partial charge in [-0.2, -0.15) is 0 Å². The lowest BCUT2D eigenvalue weighted by Crippen LogP contribution is -2.08. The molecule has 4 heteroatoms. The molecule has 0 saturated heterocycles. The molecule has 0 aliphatic carbocycles. The molecule has 0 aliphatic heterocycles. The Bertz CT molecular complexity index is 565. The van der Waals surface area contributed by atoms with E-state index in [-0.39, 0.29) is 12.4 Å². The fourth-order valence-corrected chi connectivity index (χ4v) is 1.95. The van der Waals surface area contributed by atoms with Crippen LogP contribution in [0.25, 0.3) is 0 Å². The number of ether oxygens (including phenoxy) is 1. The summed E-state index contributed by atoms with van der Waals surface area (Å²) in [6, 6.07) is 14.1. The molecule has 2 aromatic carbocycles. The van der Waals surface area contributed by atoms with E-state index < -0.39 is 0 Å². The predicted molar refractivity (Wildman–Crippen MR) is 76.9 cm³/mol. The van der Waals surface area contributed by atoms with Crippen molar-refractivity contribution in [3.8, 4) is 0 Å². The van der Waals surface area contributed by atoms with Crippen LogP contribution in [0.4, 0.5) is 0 Å². The maximum absolute atomic E-state index is 11.8. The first-order valence-corrected chi connectivity index (χ1v) is 6.52. The maximum atomic E-state index is 11.8. The maximum Gasteiger partial charge on any atom is 0.188 e. The van der Waals surface area contributed by atoms with Crippen molar-refractivity contribution in [3.05, 3.63) is 69.7 Å². The molecular weight excluding hydrogens is 283 g/mol. The third-order valence-electron chi connectivity index (χ3n) is 2.56. The molecule has 0 spiro atoms. The zero-order chi connectivity index (χ0) is 13.7. The fourth-order valence-electron chi connectivity index (χ4n) is 1.61. The molecule has 0 fully saturated rings. The van der Waals surface area contributed by atoms with Crippen LogP contribution in [0.1, 0.15) is 15.9 Å². The Balaban J connectivity index is 1.86. The monoisotopic (exact) mass is 294 g/mol. The Morgan fingerprint density at radius 2 is 1.74 bits per heavy atom. The van der Waals surface area contributed by atoms with Crippen LogP contribution in [-0.4, -0.2) is 12.4 Å². The second-order valence-electron chi connectivity index (χ2n) is 4.05. The Morgan fingerprint density at radius 1 is 1.00 bits per heavy atom. The third kappa shape index (κ3) is 4.35. The molecule has 0 aliphatic rings. The van der Waals surface area contributed by atoms with Crippen LogP contribution in [0, 0.1) is 0 Å². The first-order chi connectivity index (χ1) is 9.15. The number of ketones is 1. The summed E-state index contributed by atoms with van der Waals surface area (Å²) in [4.78, 5) is 11.8. The van der Waals surface area contributed by atoms with Gasteiger partial charge in [-0.1, -0.05) is 35.3 Å². The highest BCUT2D eigenvalue weighted by molar-refractivity contribution is 6.30. The number of benzene rings is 2. The summed E-state index contributed by atoms with van der Waals surface area (Å²) in [6.07, 6.45) is 0. The van der Waals surface area contributed by atoms with Gasteiger partial charge in [-0.15, -0.1) is 0 Å². The Hall–Kier alpha value is -1.35. The molecule has 0 N–H and O–H groups in total. The highest BCUT2D eigenvalue weighted by atomic mass is 35.5. The van der Waals surface area contributed by atoms with E-state index >= 15 is 0 Å². The number of carbonyl (C=O) groups is 1. The van der Waals surface area contributed by atoms with Crippen LogP contribution in [0.5, 0.6) is 0 Å². The summed E-state index contributed by atoms with van der Waals surface area (Å²) in [7, 11) is 0. The van der Waals surface area contributed by atoms with Crippen molar-refractivity contribution in [2.45, 2.75) is 6.61 Å². The van der Waals surface area contributed by atoms with E-state index in [2.05, 4.69) is 0 Å². The highest BCUT2D eigenvalue weighted by Crippen LogP contribution is 2.12. The molecule has 0 saturated carbocycles. The van der Waals surface area contributed by atoms with Crippen molar-refractivity contribution < 1.29 is 9.53 Å². The predicted octanol–water partition coefficient (Wildman–Crippen LogP) is 4.39. The zero-order valence-electron chi connectivity index (χ0n) is 10.1. The van der Waals surface area contributed by atoms with Gasteiger partial charge >= 0.3 is 0 Å². The number of Topliss-reactive ketones (excluding diaryl/α,β-unsaturated/α-hetero) is 1. The van der Waals surface area contributed by atoms with E-state index in [1.54, 1.807) is 30.3 Å². The largest absolute Gasteiger partial charge is 0.369 e. The van der Waals surface area contributed by atoms with Gasteiger partial charge in [-0.05, 0) is 42.0 Å². The molecule has 19 heavy (non-hydrogen) atoms. The van der Waals surface area contributed by atoms with Gasteiger partial charge in [-0.3, -0.25) is 4.79 Å². The minimum absolute atomic E-state index is 0.0359. The summed E-state index contributed by atoms with van der Waals surface area (Å²) < 4.78 is 5.38. The van der Waals surface area contributed by atoms with Crippen LogP contribution in [0.3, 0.4) is 0 Å².